The Morgan fingerprint density at radius 3 is 2.68 bits per heavy atom. The summed E-state index contributed by atoms with van der Waals surface area (Å²) in [7, 11) is 0. The lowest BCUT2D eigenvalue weighted by Gasteiger charge is -2.39. The predicted molar refractivity (Wildman–Crippen MR) is 82.2 cm³/mol. The standard InChI is InChI=1S/C17H18N4O/c1-17(2)10-15-18-19-16(14-8-9-22-20-14)21(15)11-13(17)12-6-4-3-5-7-12/h3-9,13H,10-11H2,1-2H3. The monoisotopic (exact) mass is 294 g/mol. The molecule has 1 aliphatic heterocycles. The Bertz CT molecular complexity index is 774. The third kappa shape index (κ3) is 2.04. The summed E-state index contributed by atoms with van der Waals surface area (Å²) >= 11 is 0. The molecule has 0 N–H and O–H groups in total. The first-order valence-electron chi connectivity index (χ1n) is 7.53. The Balaban J connectivity index is 1.78. The van der Waals surface area contributed by atoms with Crippen LogP contribution in [0.15, 0.2) is 47.2 Å². The van der Waals surface area contributed by atoms with Crippen molar-refractivity contribution >= 4 is 0 Å². The summed E-state index contributed by atoms with van der Waals surface area (Å²) in [5, 5.41) is 12.7. The lowest BCUT2D eigenvalue weighted by atomic mass is 9.70. The molecule has 3 aromatic rings. The molecule has 1 unspecified atom stereocenters. The van der Waals surface area contributed by atoms with Gasteiger partial charge >= 0.3 is 0 Å². The van der Waals surface area contributed by atoms with E-state index in [0.717, 1.165) is 30.3 Å². The van der Waals surface area contributed by atoms with E-state index in [9.17, 15) is 0 Å². The van der Waals surface area contributed by atoms with E-state index in [1.54, 1.807) is 6.26 Å². The van der Waals surface area contributed by atoms with Gasteiger partial charge in [-0.3, -0.25) is 0 Å². The lowest BCUT2D eigenvalue weighted by Crippen LogP contribution is -2.35. The molecular formula is C17H18N4O. The van der Waals surface area contributed by atoms with Crippen molar-refractivity contribution < 1.29 is 4.52 Å². The zero-order valence-corrected chi connectivity index (χ0v) is 12.7. The summed E-state index contributed by atoms with van der Waals surface area (Å²) in [4.78, 5) is 0. The van der Waals surface area contributed by atoms with Crippen molar-refractivity contribution in [3.63, 3.8) is 0 Å². The van der Waals surface area contributed by atoms with Gasteiger partial charge in [-0.2, -0.15) is 0 Å². The van der Waals surface area contributed by atoms with Crippen LogP contribution in [0.5, 0.6) is 0 Å². The van der Waals surface area contributed by atoms with Crippen molar-refractivity contribution in [2.45, 2.75) is 32.7 Å². The summed E-state index contributed by atoms with van der Waals surface area (Å²) in [6.07, 6.45) is 2.47. The molecule has 4 rings (SSSR count). The molecular weight excluding hydrogens is 276 g/mol. The van der Waals surface area contributed by atoms with Crippen molar-refractivity contribution in [3.05, 3.63) is 54.0 Å². The van der Waals surface area contributed by atoms with Crippen molar-refractivity contribution in [2.24, 2.45) is 5.41 Å². The molecule has 0 spiro atoms. The largest absolute Gasteiger partial charge is 0.364 e. The van der Waals surface area contributed by atoms with Gasteiger partial charge in [0, 0.05) is 24.9 Å². The minimum Gasteiger partial charge on any atom is -0.364 e. The molecule has 0 saturated heterocycles. The Labute approximate surface area is 129 Å². The molecule has 5 heteroatoms. The van der Waals surface area contributed by atoms with Crippen molar-refractivity contribution in [2.75, 3.05) is 0 Å². The van der Waals surface area contributed by atoms with E-state index in [2.05, 4.69) is 64.1 Å². The van der Waals surface area contributed by atoms with E-state index in [0.29, 0.717) is 5.92 Å². The third-order valence-electron chi connectivity index (χ3n) is 4.62. The Kier molecular flexibility index (Phi) is 2.89. The number of nitrogens with zero attached hydrogens (tertiary/aromatic N) is 4. The first kappa shape index (κ1) is 13.2. The average Bonchev–Trinajstić information content (AvgIpc) is 3.15. The van der Waals surface area contributed by atoms with Gasteiger partial charge in [0.2, 0.25) is 0 Å². The summed E-state index contributed by atoms with van der Waals surface area (Å²) in [6, 6.07) is 12.5. The fraction of sp³-hybridized carbons (Fsp3) is 0.353. The number of benzene rings is 1. The van der Waals surface area contributed by atoms with Gasteiger partial charge < -0.3 is 9.09 Å². The zero-order valence-electron chi connectivity index (χ0n) is 12.7. The van der Waals surface area contributed by atoms with Gasteiger partial charge in [0.1, 0.15) is 12.1 Å². The first-order chi connectivity index (χ1) is 10.6. The molecule has 1 aliphatic rings. The summed E-state index contributed by atoms with van der Waals surface area (Å²) in [5.41, 5.74) is 2.24. The molecule has 3 heterocycles. The highest BCUT2D eigenvalue weighted by Gasteiger charge is 2.38. The highest BCUT2D eigenvalue weighted by Crippen LogP contribution is 2.43. The molecule has 5 nitrogen and oxygen atoms in total. The normalized spacial score (nSPS) is 19.8. The Morgan fingerprint density at radius 2 is 1.95 bits per heavy atom. The van der Waals surface area contributed by atoms with Gasteiger partial charge in [-0.05, 0) is 11.0 Å². The first-order valence-corrected chi connectivity index (χ1v) is 7.53. The highest BCUT2D eigenvalue weighted by molar-refractivity contribution is 5.48. The van der Waals surface area contributed by atoms with Crippen LogP contribution in [0.3, 0.4) is 0 Å². The fourth-order valence-electron chi connectivity index (χ4n) is 3.38. The second kappa shape index (κ2) is 4.80. The second-order valence-corrected chi connectivity index (χ2v) is 6.56. The van der Waals surface area contributed by atoms with Crippen LogP contribution in [0, 0.1) is 5.41 Å². The molecule has 0 saturated carbocycles. The van der Waals surface area contributed by atoms with Crippen LogP contribution in [0.4, 0.5) is 0 Å². The Hall–Kier alpha value is -2.43. The van der Waals surface area contributed by atoms with E-state index in [1.165, 1.54) is 5.56 Å². The number of hydrogen-bond donors (Lipinski definition) is 0. The molecule has 0 bridgehead atoms. The minimum atomic E-state index is 0.144. The van der Waals surface area contributed by atoms with Crippen LogP contribution in [-0.2, 0) is 13.0 Å². The molecule has 1 atom stereocenters. The summed E-state index contributed by atoms with van der Waals surface area (Å²) in [5.74, 6) is 2.23. The highest BCUT2D eigenvalue weighted by atomic mass is 16.5. The molecule has 112 valence electrons. The van der Waals surface area contributed by atoms with Gasteiger partial charge in [0.05, 0.1) is 0 Å². The quantitative estimate of drug-likeness (QED) is 0.727. The van der Waals surface area contributed by atoms with Gasteiger partial charge in [-0.25, -0.2) is 0 Å². The summed E-state index contributed by atoms with van der Waals surface area (Å²) in [6.45, 7) is 5.47. The maximum atomic E-state index is 4.95. The SMILES string of the molecule is CC1(C)Cc2nnc(-c3ccon3)n2CC1c1ccccc1. The van der Waals surface area contributed by atoms with E-state index in [4.69, 9.17) is 4.52 Å². The van der Waals surface area contributed by atoms with Gasteiger partial charge in [-0.1, -0.05) is 49.3 Å². The molecule has 2 aromatic heterocycles. The number of hydrogen-bond acceptors (Lipinski definition) is 4. The van der Waals surface area contributed by atoms with Crippen molar-refractivity contribution in [1.82, 2.24) is 19.9 Å². The second-order valence-electron chi connectivity index (χ2n) is 6.56. The van der Waals surface area contributed by atoms with Crippen LogP contribution in [0.2, 0.25) is 0 Å². The number of rotatable bonds is 2. The van der Waals surface area contributed by atoms with E-state index in [-0.39, 0.29) is 5.41 Å². The van der Waals surface area contributed by atoms with Gasteiger partial charge in [0.15, 0.2) is 11.5 Å². The molecule has 1 aromatic carbocycles. The lowest BCUT2D eigenvalue weighted by molar-refractivity contribution is 0.218. The van der Waals surface area contributed by atoms with Crippen molar-refractivity contribution in [3.8, 4) is 11.5 Å². The molecule has 0 fully saturated rings. The fourth-order valence-corrected chi connectivity index (χ4v) is 3.38. The third-order valence-corrected chi connectivity index (χ3v) is 4.62. The average molecular weight is 294 g/mol. The van der Waals surface area contributed by atoms with Crippen LogP contribution >= 0.6 is 0 Å². The van der Waals surface area contributed by atoms with Gasteiger partial charge in [0.25, 0.3) is 0 Å². The molecule has 0 amide bonds. The van der Waals surface area contributed by atoms with Crippen molar-refractivity contribution in [1.29, 1.82) is 0 Å². The summed E-state index contributed by atoms with van der Waals surface area (Å²) < 4.78 is 7.13. The van der Waals surface area contributed by atoms with E-state index >= 15 is 0 Å². The van der Waals surface area contributed by atoms with Crippen LogP contribution < -0.4 is 0 Å². The van der Waals surface area contributed by atoms with E-state index < -0.39 is 0 Å². The zero-order chi connectivity index (χ0) is 15.2. The smallest absolute Gasteiger partial charge is 0.186 e. The topological polar surface area (TPSA) is 56.7 Å². The van der Waals surface area contributed by atoms with Crippen LogP contribution in [0.25, 0.3) is 11.5 Å². The van der Waals surface area contributed by atoms with Crippen LogP contribution in [0.1, 0.15) is 31.2 Å². The Morgan fingerprint density at radius 1 is 1.14 bits per heavy atom. The number of fused-ring (bicyclic) bond motifs is 1. The van der Waals surface area contributed by atoms with Gasteiger partial charge in [-0.15, -0.1) is 10.2 Å². The van der Waals surface area contributed by atoms with Crippen LogP contribution in [-0.4, -0.2) is 19.9 Å². The molecule has 22 heavy (non-hydrogen) atoms. The molecule has 0 aliphatic carbocycles. The maximum Gasteiger partial charge on any atom is 0.186 e. The maximum absolute atomic E-state index is 4.95. The number of aromatic nitrogens is 4. The van der Waals surface area contributed by atoms with E-state index in [1.807, 2.05) is 6.07 Å². The molecule has 0 radical (unpaired) electrons. The predicted octanol–water partition coefficient (Wildman–Crippen LogP) is 3.30. The minimum absolute atomic E-state index is 0.144.